The van der Waals surface area contributed by atoms with Crippen molar-refractivity contribution in [1.29, 1.82) is 0 Å². The Labute approximate surface area is 56.0 Å². The van der Waals surface area contributed by atoms with Gasteiger partial charge >= 0.3 is 0 Å². The first-order valence-electron chi connectivity index (χ1n) is 2.75. The van der Waals surface area contributed by atoms with E-state index in [2.05, 4.69) is 18.5 Å². The van der Waals surface area contributed by atoms with Crippen molar-refractivity contribution in [2.45, 2.75) is 25.4 Å². The van der Waals surface area contributed by atoms with Gasteiger partial charge in [-0.25, -0.2) is 0 Å². The predicted molar refractivity (Wildman–Crippen MR) is 44.3 cm³/mol. The topological polar surface area (TPSA) is 9.23 Å². The molecule has 0 spiro atoms. The summed E-state index contributed by atoms with van der Waals surface area (Å²) in [5.41, 5.74) is 0. The summed E-state index contributed by atoms with van der Waals surface area (Å²) in [5, 5.41) is 0.498. The van der Waals surface area contributed by atoms with Crippen LogP contribution in [0.3, 0.4) is 0 Å². The Morgan fingerprint density at radius 1 is 1.38 bits per heavy atom. The molecule has 0 aromatic heterocycles. The molecule has 0 heterocycles. The molecule has 0 aliphatic rings. The van der Waals surface area contributed by atoms with Gasteiger partial charge < -0.3 is 4.74 Å². The van der Waals surface area contributed by atoms with Crippen molar-refractivity contribution in [2.75, 3.05) is 6.61 Å². The molecule has 0 aliphatic carbocycles. The van der Waals surface area contributed by atoms with E-state index in [9.17, 15) is 0 Å². The number of ether oxygens (including phenoxy) is 1. The van der Waals surface area contributed by atoms with Crippen LogP contribution in [0.1, 0.15) is 13.8 Å². The molecule has 0 N–H and O–H groups in total. The molecule has 50 valence electrons. The van der Waals surface area contributed by atoms with Gasteiger partial charge in [0.1, 0.15) is 0 Å². The van der Waals surface area contributed by atoms with Crippen molar-refractivity contribution in [3.8, 4) is 0 Å². The van der Waals surface area contributed by atoms with Gasteiger partial charge in [-0.15, -0.1) is 18.5 Å². The maximum absolute atomic E-state index is 5.26. The molecule has 0 aliphatic heterocycles. The smallest absolute Gasteiger partial charge is 0.0566 e. The van der Waals surface area contributed by atoms with Gasteiger partial charge in [0.15, 0.2) is 0 Å². The molecule has 0 amide bonds. The van der Waals surface area contributed by atoms with Crippen LogP contribution in [0.4, 0.5) is 0 Å². The Morgan fingerprint density at radius 3 is 2.00 bits per heavy atom. The largest absolute Gasteiger partial charge is 0.378 e. The van der Waals surface area contributed by atoms with Crippen LogP contribution in [0.2, 0.25) is 0 Å². The molecule has 3 heteroatoms. The van der Waals surface area contributed by atoms with Gasteiger partial charge in [-0.1, -0.05) is 0 Å². The monoisotopic (exact) mass is 152 g/mol. The summed E-state index contributed by atoms with van der Waals surface area (Å²) < 4.78 is 5.26. The highest BCUT2D eigenvalue weighted by atomic mass is 31.1. The van der Waals surface area contributed by atoms with Gasteiger partial charge in [-0.05, 0) is 13.8 Å². The van der Waals surface area contributed by atoms with Gasteiger partial charge in [-0.2, -0.15) is 0 Å². The second kappa shape index (κ2) is 4.68. The van der Waals surface area contributed by atoms with Gasteiger partial charge in [0, 0.05) is 5.40 Å². The molecule has 8 heavy (non-hydrogen) atoms. The Hall–Kier alpha value is 0.820. The molecule has 0 radical (unpaired) electrons. The highest BCUT2D eigenvalue weighted by Gasteiger charge is 1.95. The average molecular weight is 152 g/mol. The fraction of sp³-hybridized carbons (Fsp3) is 1.00. The van der Waals surface area contributed by atoms with E-state index < -0.39 is 0 Å². The second-order valence-electron chi connectivity index (χ2n) is 2.05. The van der Waals surface area contributed by atoms with Crippen molar-refractivity contribution < 1.29 is 4.74 Å². The minimum atomic E-state index is 0.360. The van der Waals surface area contributed by atoms with Crippen LogP contribution in [0, 0.1) is 0 Å². The van der Waals surface area contributed by atoms with Crippen LogP contribution in [-0.4, -0.2) is 18.1 Å². The lowest BCUT2D eigenvalue weighted by Crippen LogP contribution is -2.07. The molecule has 0 aromatic rings. The van der Waals surface area contributed by atoms with E-state index in [1.807, 2.05) is 13.8 Å². The van der Waals surface area contributed by atoms with Crippen LogP contribution < -0.4 is 0 Å². The molecule has 1 nitrogen and oxygen atoms in total. The summed E-state index contributed by atoms with van der Waals surface area (Å²) >= 11 is 0. The fourth-order valence-corrected chi connectivity index (χ4v) is 0.526. The highest BCUT2D eigenvalue weighted by Crippen LogP contribution is 2.08. The van der Waals surface area contributed by atoms with E-state index in [0.717, 1.165) is 6.61 Å². The van der Waals surface area contributed by atoms with Crippen molar-refractivity contribution in [3.63, 3.8) is 0 Å². The van der Waals surface area contributed by atoms with Crippen LogP contribution >= 0.6 is 18.5 Å². The molecule has 0 rings (SSSR count). The Morgan fingerprint density at radius 2 is 1.88 bits per heavy atom. The van der Waals surface area contributed by atoms with E-state index in [1.165, 1.54) is 0 Å². The normalized spacial score (nSPS) is 11.2. The van der Waals surface area contributed by atoms with Crippen LogP contribution in [0.15, 0.2) is 0 Å². The molecule has 2 atom stereocenters. The molecule has 0 saturated carbocycles. The van der Waals surface area contributed by atoms with Gasteiger partial charge in [-0.3, -0.25) is 0 Å². The zero-order valence-electron chi connectivity index (χ0n) is 5.42. The van der Waals surface area contributed by atoms with Gasteiger partial charge in [0.05, 0.1) is 12.7 Å². The quantitative estimate of drug-likeness (QED) is 0.556. The van der Waals surface area contributed by atoms with E-state index >= 15 is 0 Å². The minimum absolute atomic E-state index is 0.360. The van der Waals surface area contributed by atoms with Crippen molar-refractivity contribution in [3.05, 3.63) is 0 Å². The first-order valence-corrected chi connectivity index (χ1v) is 4.09. The van der Waals surface area contributed by atoms with E-state index in [1.54, 1.807) is 0 Å². The minimum Gasteiger partial charge on any atom is -0.378 e. The Bertz CT molecular complexity index is 46.4. The Kier molecular flexibility index (Phi) is 5.15. The van der Waals surface area contributed by atoms with Crippen molar-refractivity contribution >= 4 is 18.5 Å². The third-order valence-corrected chi connectivity index (χ3v) is 1.01. The third-order valence-electron chi connectivity index (χ3n) is 0.622. The highest BCUT2D eigenvalue weighted by molar-refractivity contribution is 7.37. The average Bonchev–Trinajstić information content (AvgIpc) is 1.61. The number of hydrogen-bond donors (Lipinski definition) is 0. The SMILES string of the molecule is CC(C)OCC(P)P. The van der Waals surface area contributed by atoms with Crippen molar-refractivity contribution in [2.24, 2.45) is 0 Å². The lowest BCUT2D eigenvalue weighted by Gasteiger charge is -2.08. The molecule has 2 unspecified atom stereocenters. The third kappa shape index (κ3) is 6.82. The standard InChI is InChI=1S/C5H14OP2/c1-4(2)6-3-5(7)8/h4-5H,3,7-8H2,1-2H3. The molecule has 0 fully saturated rings. The van der Waals surface area contributed by atoms with Crippen LogP contribution in [0.25, 0.3) is 0 Å². The predicted octanol–water partition coefficient (Wildman–Crippen LogP) is 1.49. The summed E-state index contributed by atoms with van der Waals surface area (Å²) in [7, 11) is 5.32. The van der Waals surface area contributed by atoms with Crippen LogP contribution in [0.5, 0.6) is 0 Å². The zero-order chi connectivity index (χ0) is 6.57. The molecular formula is C5H14OP2. The number of hydrogen-bond acceptors (Lipinski definition) is 1. The first-order chi connectivity index (χ1) is 3.63. The van der Waals surface area contributed by atoms with Crippen LogP contribution in [-0.2, 0) is 4.74 Å². The van der Waals surface area contributed by atoms with Crippen molar-refractivity contribution in [1.82, 2.24) is 0 Å². The van der Waals surface area contributed by atoms with E-state index in [-0.39, 0.29) is 0 Å². The van der Waals surface area contributed by atoms with E-state index in [4.69, 9.17) is 4.74 Å². The summed E-state index contributed by atoms with van der Waals surface area (Å²) in [5.74, 6) is 0. The molecule has 0 bridgehead atoms. The first kappa shape index (κ1) is 8.82. The fourth-order valence-electron chi connectivity index (χ4n) is 0.304. The molecular weight excluding hydrogens is 138 g/mol. The summed E-state index contributed by atoms with van der Waals surface area (Å²) in [6.07, 6.45) is 0.360. The maximum Gasteiger partial charge on any atom is 0.0566 e. The van der Waals surface area contributed by atoms with Gasteiger partial charge in [0.25, 0.3) is 0 Å². The summed E-state index contributed by atoms with van der Waals surface area (Å²) in [6.45, 7) is 4.89. The summed E-state index contributed by atoms with van der Waals surface area (Å²) in [6, 6.07) is 0. The second-order valence-corrected chi connectivity index (χ2v) is 4.53. The number of rotatable bonds is 3. The van der Waals surface area contributed by atoms with Gasteiger partial charge in [0.2, 0.25) is 0 Å². The summed E-state index contributed by atoms with van der Waals surface area (Å²) in [4.78, 5) is 0. The maximum atomic E-state index is 5.26. The lowest BCUT2D eigenvalue weighted by atomic mass is 10.5. The van der Waals surface area contributed by atoms with E-state index in [0.29, 0.717) is 11.5 Å². The Balaban J connectivity index is 2.93. The molecule has 0 aromatic carbocycles. The zero-order valence-corrected chi connectivity index (χ0v) is 7.73. The molecule has 0 saturated heterocycles. The lowest BCUT2D eigenvalue weighted by molar-refractivity contribution is 0.0885.